The van der Waals surface area contributed by atoms with Crippen LogP contribution in [0.15, 0.2) is 12.7 Å². The molecule has 0 aromatic rings. The van der Waals surface area contributed by atoms with Crippen molar-refractivity contribution in [2.24, 2.45) is 0 Å². The molecule has 0 N–H and O–H groups in total. The van der Waals surface area contributed by atoms with Crippen molar-refractivity contribution in [3.05, 3.63) is 12.7 Å². The summed E-state index contributed by atoms with van der Waals surface area (Å²) in [6.45, 7) is 12.5. The highest BCUT2D eigenvalue weighted by Gasteiger charge is 2.56. The lowest BCUT2D eigenvalue weighted by molar-refractivity contribution is -0.318. The number of hydrogen-bond donors (Lipinski definition) is 0. The van der Waals surface area contributed by atoms with Crippen LogP contribution >= 0.6 is 0 Å². The summed E-state index contributed by atoms with van der Waals surface area (Å²) in [5, 5.41) is 0. The summed E-state index contributed by atoms with van der Waals surface area (Å²) in [6.07, 6.45) is -10.2. The number of rotatable bonds is 11. The average molecular weight is 561 g/mol. The monoisotopic (exact) mass is 560 g/mol. The van der Waals surface area contributed by atoms with E-state index in [0.717, 1.165) is 20.8 Å². The van der Waals surface area contributed by atoms with Crippen LogP contribution < -0.4 is 0 Å². The Morgan fingerprint density at radius 3 is 1.77 bits per heavy atom. The maximum absolute atomic E-state index is 12.1. The molecule has 0 unspecified atom stereocenters. The van der Waals surface area contributed by atoms with Gasteiger partial charge in [0, 0.05) is 34.6 Å². The van der Waals surface area contributed by atoms with E-state index in [1.165, 1.54) is 26.8 Å². The van der Waals surface area contributed by atoms with Crippen molar-refractivity contribution in [3.63, 3.8) is 0 Å². The van der Waals surface area contributed by atoms with E-state index in [2.05, 4.69) is 6.58 Å². The zero-order valence-corrected chi connectivity index (χ0v) is 23.0. The third kappa shape index (κ3) is 8.98. The van der Waals surface area contributed by atoms with E-state index in [1.54, 1.807) is 6.92 Å². The third-order valence-corrected chi connectivity index (χ3v) is 5.63. The van der Waals surface area contributed by atoms with E-state index in [-0.39, 0.29) is 6.61 Å². The molecule has 0 spiro atoms. The Morgan fingerprint density at radius 1 is 0.718 bits per heavy atom. The Hall–Kier alpha value is -3.07. The van der Waals surface area contributed by atoms with E-state index in [4.69, 9.17) is 42.6 Å². The van der Waals surface area contributed by atoms with Crippen LogP contribution in [0.3, 0.4) is 0 Å². The van der Waals surface area contributed by atoms with Crippen LogP contribution in [0.1, 0.15) is 48.5 Å². The summed E-state index contributed by atoms with van der Waals surface area (Å²) in [5.74, 6) is -3.48. The largest absolute Gasteiger partial charge is 0.460 e. The first-order valence-electron chi connectivity index (χ1n) is 12.3. The SMILES string of the molecule is C=CCO[C@H]1[C@H](OC(C)=O)O[C@@H]([C@@H](C)OC(C)=O)[C@H]1O[C@@H]1O[C@@H](C)[C@H](OC(C)=O)[C@@H](OC(C)=O)[C@H]1OC(C)=O. The molecule has 0 radical (unpaired) electrons. The van der Waals surface area contributed by atoms with E-state index in [0.29, 0.717) is 0 Å². The molecule has 2 aliphatic heterocycles. The molecule has 2 aliphatic rings. The fraction of sp³-hybridized carbons (Fsp3) is 0.720. The first-order valence-corrected chi connectivity index (χ1v) is 12.3. The van der Waals surface area contributed by atoms with Gasteiger partial charge in [-0.15, -0.1) is 6.58 Å². The number of carbonyl (C=O) groups excluding carboxylic acids is 5. The molecule has 10 atom stereocenters. The van der Waals surface area contributed by atoms with Gasteiger partial charge in [-0.2, -0.15) is 0 Å². The van der Waals surface area contributed by atoms with Gasteiger partial charge in [0.1, 0.15) is 24.4 Å². The summed E-state index contributed by atoms with van der Waals surface area (Å²) < 4.78 is 50.6. The molecule has 0 aromatic carbocycles. The molecule has 0 bridgehead atoms. The topological polar surface area (TPSA) is 168 Å². The molecule has 14 heteroatoms. The summed E-state index contributed by atoms with van der Waals surface area (Å²) in [4.78, 5) is 59.3. The van der Waals surface area contributed by atoms with Crippen molar-refractivity contribution >= 4 is 29.8 Å². The summed E-state index contributed by atoms with van der Waals surface area (Å²) >= 11 is 0. The predicted octanol–water partition coefficient (Wildman–Crippen LogP) is 0.722. The summed E-state index contributed by atoms with van der Waals surface area (Å²) in [7, 11) is 0. The predicted molar refractivity (Wildman–Crippen MR) is 127 cm³/mol. The second-order valence-corrected chi connectivity index (χ2v) is 9.01. The van der Waals surface area contributed by atoms with Crippen molar-refractivity contribution in [1.29, 1.82) is 0 Å². The van der Waals surface area contributed by atoms with Gasteiger partial charge in [0.25, 0.3) is 0 Å². The van der Waals surface area contributed by atoms with E-state index < -0.39 is 91.3 Å². The Kier molecular flexibility index (Phi) is 11.8. The molecule has 14 nitrogen and oxygen atoms in total. The quantitative estimate of drug-likeness (QED) is 0.197. The molecule has 2 fully saturated rings. The summed E-state index contributed by atoms with van der Waals surface area (Å²) in [5.41, 5.74) is 0. The van der Waals surface area contributed by atoms with E-state index in [1.807, 2.05) is 0 Å². The Morgan fingerprint density at radius 2 is 1.26 bits per heavy atom. The van der Waals surface area contributed by atoms with Gasteiger partial charge in [-0.1, -0.05) is 6.08 Å². The number of ether oxygens (including phenoxy) is 9. The lowest BCUT2D eigenvalue weighted by Crippen LogP contribution is -2.62. The van der Waals surface area contributed by atoms with Crippen LogP contribution in [0, 0.1) is 0 Å². The Labute approximate surface area is 226 Å². The van der Waals surface area contributed by atoms with Crippen molar-refractivity contribution in [2.75, 3.05) is 6.61 Å². The number of hydrogen-bond acceptors (Lipinski definition) is 14. The maximum Gasteiger partial charge on any atom is 0.305 e. The van der Waals surface area contributed by atoms with Crippen LogP contribution in [0.2, 0.25) is 0 Å². The smallest absolute Gasteiger partial charge is 0.305 e. The van der Waals surface area contributed by atoms with Gasteiger partial charge in [0.15, 0.2) is 24.6 Å². The zero-order valence-electron chi connectivity index (χ0n) is 23.0. The molecule has 2 rings (SSSR count). The average Bonchev–Trinajstić information content (AvgIpc) is 3.12. The van der Waals surface area contributed by atoms with Crippen molar-refractivity contribution in [2.45, 2.75) is 110 Å². The van der Waals surface area contributed by atoms with Crippen molar-refractivity contribution < 1.29 is 66.6 Å². The lowest BCUT2D eigenvalue weighted by Gasteiger charge is -2.44. The first kappa shape index (κ1) is 32.1. The van der Waals surface area contributed by atoms with E-state index >= 15 is 0 Å². The highest BCUT2D eigenvalue weighted by molar-refractivity contribution is 5.68. The van der Waals surface area contributed by atoms with Crippen molar-refractivity contribution in [3.8, 4) is 0 Å². The molecular formula is C25H36O14. The molecule has 0 amide bonds. The second-order valence-electron chi connectivity index (χ2n) is 9.01. The fourth-order valence-electron chi connectivity index (χ4n) is 4.36. The Bertz CT molecular complexity index is 918. The molecule has 220 valence electrons. The minimum atomic E-state index is -1.42. The van der Waals surface area contributed by atoms with Crippen molar-refractivity contribution in [1.82, 2.24) is 0 Å². The molecule has 2 saturated heterocycles. The highest BCUT2D eigenvalue weighted by Crippen LogP contribution is 2.36. The molecule has 0 saturated carbocycles. The Balaban J connectivity index is 2.51. The van der Waals surface area contributed by atoms with Gasteiger partial charge in [-0.3, -0.25) is 24.0 Å². The minimum Gasteiger partial charge on any atom is -0.460 e. The summed E-state index contributed by atoms with van der Waals surface area (Å²) in [6, 6.07) is 0. The molecule has 39 heavy (non-hydrogen) atoms. The van der Waals surface area contributed by atoms with Crippen LogP contribution in [-0.2, 0) is 66.6 Å². The fourth-order valence-corrected chi connectivity index (χ4v) is 4.36. The van der Waals surface area contributed by atoms with Gasteiger partial charge in [-0.25, -0.2) is 0 Å². The van der Waals surface area contributed by atoms with E-state index in [9.17, 15) is 24.0 Å². The minimum absolute atomic E-state index is 0.000216. The van der Waals surface area contributed by atoms with Gasteiger partial charge in [0.2, 0.25) is 6.29 Å². The molecule has 2 heterocycles. The van der Waals surface area contributed by atoms with Gasteiger partial charge in [0.05, 0.1) is 12.7 Å². The van der Waals surface area contributed by atoms with Crippen LogP contribution in [0.25, 0.3) is 0 Å². The first-order chi connectivity index (χ1) is 18.2. The molecule has 0 aliphatic carbocycles. The van der Waals surface area contributed by atoms with Crippen LogP contribution in [0.4, 0.5) is 0 Å². The van der Waals surface area contributed by atoms with Gasteiger partial charge >= 0.3 is 29.8 Å². The molecule has 0 aromatic heterocycles. The van der Waals surface area contributed by atoms with Crippen LogP contribution in [-0.4, -0.2) is 97.9 Å². The third-order valence-electron chi connectivity index (χ3n) is 5.63. The van der Waals surface area contributed by atoms with Crippen LogP contribution in [0.5, 0.6) is 0 Å². The second kappa shape index (κ2) is 14.4. The standard InChI is InChI=1S/C25H36O14/c1-9-10-31-22-20(19(11(2)32-13(4)26)38-24(22)37-17(8)30)39-25-23(36-16(7)29)21(35-15(6)28)18(12(3)33-25)34-14(5)27/h9,11-12,18-25H,1,10H2,2-8H3/t11-,12+,18+,19+,20-,21-,22-,23-,24-,25+/m1/s1. The highest BCUT2D eigenvalue weighted by atomic mass is 16.8. The van der Waals surface area contributed by atoms with Gasteiger partial charge < -0.3 is 42.6 Å². The number of carbonyl (C=O) groups is 5. The lowest BCUT2D eigenvalue weighted by atomic mass is 9.98. The number of esters is 5. The zero-order chi connectivity index (χ0) is 29.4. The van der Waals surface area contributed by atoms with Gasteiger partial charge in [-0.05, 0) is 13.8 Å². The normalized spacial score (nSPS) is 32.8. The molecular weight excluding hydrogens is 524 g/mol. The maximum atomic E-state index is 12.1.